The van der Waals surface area contributed by atoms with Crippen molar-refractivity contribution in [3.63, 3.8) is 0 Å². The largest absolute Gasteiger partial charge is 0.355 e. The molecule has 1 aromatic rings. The average molecular weight is 367 g/mol. The number of benzene rings is 1. The van der Waals surface area contributed by atoms with Gasteiger partial charge in [-0.25, -0.2) is 8.42 Å². The van der Waals surface area contributed by atoms with Crippen LogP contribution in [0, 0.1) is 17.2 Å². The van der Waals surface area contributed by atoms with Gasteiger partial charge in [-0.2, -0.15) is 22.2 Å². The highest BCUT2D eigenvalue weighted by molar-refractivity contribution is 7.89. The number of sulfonamides is 1. The first-order valence-electron chi connectivity index (χ1n) is 7.83. The molecule has 1 aliphatic rings. The van der Waals surface area contributed by atoms with E-state index in [1.165, 1.54) is 16.4 Å². The van der Waals surface area contributed by atoms with Crippen molar-refractivity contribution in [3.05, 3.63) is 29.8 Å². The summed E-state index contributed by atoms with van der Waals surface area (Å²) in [6.45, 7) is 1.19. The zero-order chi connectivity index (χ0) is 17.6. The normalized spacial score (nSPS) is 16.5. The third kappa shape index (κ3) is 4.50. The molecule has 1 aromatic carbocycles. The molecule has 130 valence electrons. The van der Waals surface area contributed by atoms with E-state index in [1.54, 1.807) is 12.1 Å². The summed E-state index contributed by atoms with van der Waals surface area (Å²) in [6, 6.07) is 8.42. The highest BCUT2D eigenvalue weighted by Gasteiger charge is 2.31. The highest BCUT2D eigenvalue weighted by atomic mass is 32.2. The number of nitrogens with one attached hydrogen (secondary N) is 1. The molecule has 1 fully saturated rings. The van der Waals surface area contributed by atoms with E-state index in [1.807, 2.05) is 6.07 Å². The number of thiol groups is 1. The molecule has 0 bridgehead atoms. The van der Waals surface area contributed by atoms with Crippen LogP contribution in [0.5, 0.6) is 0 Å². The van der Waals surface area contributed by atoms with E-state index in [-0.39, 0.29) is 23.1 Å². The maximum atomic E-state index is 12.7. The maximum Gasteiger partial charge on any atom is 0.243 e. The van der Waals surface area contributed by atoms with Crippen molar-refractivity contribution in [1.29, 1.82) is 5.26 Å². The van der Waals surface area contributed by atoms with Crippen LogP contribution in [0.3, 0.4) is 0 Å². The molecule has 0 aromatic heterocycles. The molecule has 2 rings (SSSR count). The molecule has 8 heteroatoms. The van der Waals surface area contributed by atoms with Crippen LogP contribution >= 0.6 is 12.6 Å². The molecule has 0 radical (unpaired) electrons. The zero-order valence-electron chi connectivity index (χ0n) is 13.3. The highest BCUT2D eigenvalue weighted by Crippen LogP contribution is 2.24. The van der Waals surface area contributed by atoms with Crippen LogP contribution in [0.15, 0.2) is 29.2 Å². The Bertz CT molecular complexity index is 703. The van der Waals surface area contributed by atoms with Crippen molar-refractivity contribution in [2.24, 2.45) is 5.92 Å². The van der Waals surface area contributed by atoms with Crippen LogP contribution in [-0.4, -0.2) is 44.0 Å². The SMILES string of the molecule is N#CCc1ccc(S(=O)(=O)N2CCC(C(=O)NCCS)CC2)cc1. The van der Waals surface area contributed by atoms with Gasteiger partial charge in [0.05, 0.1) is 17.4 Å². The fraction of sp³-hybridized carbons (Fsp3) is 0.500. The minimum absolute atomic E-state index is 0.0260. The summed E-state index contributed by atoms with van der Waals surface area (Å²) in [5.41, 5.74) is 0.788. The van der Waals surface area contributed by atoms with Crippen molar-refractivity contribution in [3.8, 4) is 6.07 Å². The van der Waals surface area contributed by atoms with Gasteiger partial charge in [0.1, 0.15) is 0 Å². The van der Waals surface area contributed by atoms with Gasteiger partial charge in [-0.3, -0.25) is 4.79 Å². The fourth-order valence-electron chi connectivity index (χ4n) is 2.70. The number of carbonyl (C=O) groups excluding carboxylic acids is 1. The standard InChI is InChI=1S/C16H21N3O3S2/c17-8-5-13-1-3-15(4-2-13)24(21,22)19-10-6-14(7-11-19)16(20)18-9-12-23/h1-4,14,23H,5-7,9-12H2,(H,18,20). The number of rotatable bonds is 6. The number of amides is 1. The summed E-state index contributed by atoms with van der Waals surface area (Å²) in [7, 11) is -3.55. The Hall–Kier alpha value is -1.56. The van der Waals surface area contributed by atoms with E-state index in [0.717, 1.165) is 5.56 Å². The maximum absolute atomic E-state index is 12.7. The first-order chi connectivity index (χ1) is 11.5. The number of carbonyl (C=O) groups is 1. The first kappa shape index (κ1) is 18.8. The summed E-state index contributed by atoms with van der Waals surface area (Å²) in [6.07, 6.45) is 1.29. The van der Waals surface area contributed by atoms with Gasteiger partial charge in [0.25, 0.3) is 0 Å². The van der Waals surface area contributed by atoms with Crippen molar-refractivity contribution in [2.45, 2.75) is 24.2 Å². The van der Waals surface area contributed by atoms with Crippen molar-refractivity contribution < 1.29 is 13.2 Å². The monoisotopic (exact) mass is 367 g/mol. The Morgan fingerprint density at radius 3 is 2.46 bits per heavy atom. The minimum atomic E-state index is -3.55. The lowest BCUT2D eigenvalue weighted by Gasteiger charge is -2.30. The van der Waals surface area contributed by atoms with Gasteiger partial charge in [0.2, 0.25) is 15.9 Å². The molecule has 1 N–H and O–H groups in total. The fourth-order valence-corrected chi connectivity index (χ4v) is 4.28. The summed E-state index contributed by atoms with van der Waals surface area (Å²) in [5, 5.41) is 11.5. The molecule has 24 heavy (non-hydrogen) atoms. The van der Waals surface area contributed by atoms with Crippen molar-refractivity contribution in [1.82, 2.24) is 9.62 Å². The molecule has 1 saturated heterocycles. The Labute approximate surface area is 148 Å². The quantitative estimate of drug-likeness (QED) is 0.739. The predicted octanol–water partition coefficient (Wildman–Crippen LogP) is 1.20. The lowest BCUT2D eigenvalue weighted by atomic mass is 9.97. The number of piperidine rings is 1. The lowest BCUT2D eigenvalue weighted by molar-refractivity contribution is -0.125. The van der Waals surface area contributed by atoms with Gasteiger partial charge in [-0.1, -0.05) is 12.1 Å². The molecule has 0 spiro atoms. The number of hydrogen-bond acceptors (Lipinski definition) is 5. The second kappa shape index (κ2) is 8.51. The van der Waals surface area contributed by atoms with Crippen LogP contribution < -0.4 is 5.32 Å². The molecule has 0 saturated carbocycles. The first-order valence-corrected chi connectivity index (χ1v) is 9.91. The molecule has 1 heterocycles. The predicted molar refractivity (Wildman–Crippen MR) is 94.1 cm³/mol. The minimum Gasteiger partial charge on any atom is -0.355 e. The van der Waals surface area contributed by atoms with Gasteiger partial charge in [0.15, 0.2) is 0 Å². The summed E-state index contributed by atoms with van der Waals surface area (Å²) < 4.78 is 26.7. The van der Waals surface area contributed by atoms with E-state index >= 15 is 0 Å². The van der Waals surface area contributed by atoms with Gasteiger partial charge in [-0.05, 0) is 30.5 Å². The molecular formula is C16H21N3O3S2. The van der Waals surface area contributed by atoms with E-state index in [0.29, 0.717) is 38.2 Å². The van der Waals surface area contributed by atoms with Crippen molar-refractivity contribution in [2.75, 3.05) is 25.4 Å². The molecule has 1 amide bonds. The molecule has 6 nitrogen and oxygen atoms in total. The Morgan fingerprint density at radius 2 is 1.92 bits per heavy atom. The summed E-state index contributed by atoms with van der Waals surface area (Å²) in [4.78, 5) is 12.2. The Morgan fingerprint density at radius 1 is 1.29 bits per heavy atom. The third-order valence-electron chi connectivity index (χ3n) is 4.08. The van der Waals surface area contributed by atoms with E-state index in [2.05, 4.69) is 17.9 Å². The smallest absolute Gasteiger partial charge is 0.243 e. The second-order valence-electron chi connectivity index (χ2n) is 5.67. The van der Waals surface area contributed by atoms with Crippen LogP contribution in [0.4, 0.5) is 0 Å². The topological polar surface area (TPSA) is 90.3 Å². The van der Waals surface area contributed by atoms with Gasteiger partial charge in [-0.15, -0.1) is 0 Å². The molecule has 0 atom stereocenters. The number of nitrogens with zero attached hydrogens (tertiary/aromatic N) is 2. The summed E-state index contributed by atoms with van der Waals surface area (Å²) in [5.74, 6) is 0.414. The van der Waals surface area contributed by atoms with Crippen molar-refractivity contribution >= 4 is 28.6 Å². The van der Waals surface area contributed by atoms with E-state index < -0.39 is 10.0 Å². The molecule has 1 aliphatic heterocycles. The second-order valence-corrected chi connectivity index (χ2v) is 8.06. The Balaban J connectivity index is 1.99. The molecular weight excluding hydrogens is 346 g/mol. The molecule has 0 aliphatic carbocycles. The van der Waals surface area contributed by atoms with E-state index in [9.17, 15) is 13.2 Å². The molecule has 0 unspecified atom stereocenters. The van der Waals surface area contributed by atoms with Crippen LogP contribution in [0.1, 0.15) is 18.4 Å². The van der Waals surface area contributed by atoms with Crippen LogP contribution in [-0.2, 0) is 21.2 Å². The van der Waals surface area contributed by atoms with Gasteiger partial charge in [0, 0.05) is 31.3 Å². The van der Waals surface area contributed by atoms with E-state index in [4.69, 9.17) is 5.26 Å². The van der Waals surface area contributed by atoms with Crippen LogP contribution in [0.2, 0.25) is 0 Å². The van der Waals surface area contributed by atoms with Crippen LogP contribution in [0.25, 0.3) is 0 Å². The zero-order valence-corrected chi connectivity index (χ0v) is 15.0. The third-order valence-corrected chi connectivity index (χ3v) is 6.22. The average Bonchev–Trinajstić information content (AvgIpc) is 2.60. The van der Waals surface area contributed by atoms with Gasteiger partial charge < -0.3 is 5.32 Å². The summed E-state index contributed by atoms with van der Waals surface area (Å²) >= 11 is 4.05. The van der Waals surface area contributed by atoms with Gasteiger partial charge >= 0.3 is 0 Å². The number of hydrogen-bond donors (Lipinski definition) is 2. The Kier molecular flexibility index (Phi) is 6.66. The lowest BCUT2D eigenvalue weighted by Crippen LogP contribution is -2.43. The number of nitriles is 1.